The van der Waals surface area contributed by atoms with Crippen LogP contribution < -0.4 is 4.72 Å². The molecule has 3 aromatic rings. The van der Waals surface area contributed by atoms with Crippen LogP contribution in [0.5, 0.6) is 0 Å². The van der Waals surface area contributed by atoms with Crippen LogP contribution in [0.3, 0.4) is 0 Å². The number of rotatable bonds is 9. The third-order valence-electron chi connectivity index (χ3n) is 6.92. The molecule has 0 atom stereocenters. The number of carbonyl (C=O) groups is 1. The van der Waals surface area contributed by atoms with Crippen molar-refractivity contribution in [1.82, 2.24) is 9.80 Å². The number of carbonyl (C=O) groups excluding carboxylic acids is 1. The number of benzene rings is 3. The number of anilines is 1. The molecule has 7 heteroatoms. The molecule has 1 amide bonds. The molecule has 0 radical (unpaired) electrons. The first-order chi connectivity index (χ1) is 17.7. The molecular formula is C30H37N3O3S. The van der Waals surface area contributed by atoms with Gasteiger partial charge in [-0.15, -0.1) is 0 Å². The molecule has 1 aliphatic heterocycles. The smallest absolute Gasteiger partial charge is 0.261 e. The normalized spacial score (nSPS) is 14.5. The van der Waals surface area contributed by atoms with Gasteiger partial charge >= 0.3 is 0 Å². The van der Waals surface area contributed by atoms with E-state index in [1.54, 1.807) is 24.3 Å². The molecule has 3 aromatic carbocycles. The predicted molar refractivity (Wildman–Crippen MR) is 149 cm³/mol. The number of nitrogens with one attached hydrogen (secondary N) is 1. The molecule has 1 heterocycles. The van der Waals surface area contributed by atoms with E-state index in [1.807, 2.05) is 24.0 Å². The minimum absolute atomic E-state index is 0.0922. The van der Waals surface area contributed by atoms with Crippen molar-refractivity contribution in [3.8, 4) is 0 Å². The van der Waals surface area contributed by atoms with E-state index in [0.717, 1.165) is 44.5 Å². The van der Waals surface area contributed by atoms with Gasteiger partial charge in [0.25, 0.3) is 15.9 Å². The summed E-state index contributed by atoms with van der Waals surface area (Å²) in [6, 6.07) is 20.8. The van der Waals surface area contributed by atoms with Gasteiger partial charge in [-0.3, -0.25) is 14.4 Å². The highest BCUT2D eigenvalue weighted by Crippen LogP contribution is 2.22. The average molecular weight is 520 g/mol. The van der Waals surface area contributed by atoms with E-state index < -0.39 is 10.0 Å². The topological polar surface area (TPSA) is 69.7 Å². The molecule has 196 valence electrons. The Balaban J connectivity index is 1.41. The molecule has 0 unspecified atom stereocenters. The van der Waals surface area contributed by atoms with Crippen molar-refractivity contribution < 1.29 is 13.2 Å². The van der Waals surface area contributed by atoms with Gasteiger partial charge < -0.3 is 4.90 Å². The number of hydrogen-bond donors (Lipinski definition) is 1. The Hall–Kier alpha value is -3.16. The minimum Gasteiger partial charge on any atom is -0.336 e. The van der Waals surface area contributed by atoms with Crippen LogP contribution in [0.2, 0.25) is 0 Å². The zero-order chi connectivity index (χ0) is 26.4. The SMILES string of the molecule is CCCCc1ccc(NS(=O)(=O)c2ccc(C)c(C(=O)N3CCN(Cc4cccc(C)c4)CC3)c2)cc1. The summed E-state index contributed by atoms with van der Waals surface area (Å²) in [7, 11) is -3.82. The van der Waals surface area contributed by atoms with E-state index in [-0.39, 0.29) is 10.8 Å². The van der Waals surface area contributed by atoms with Crippen molar-refractivity contribution >= 4 is 21.6 Å². The van der Waals surface area contributed by atoms with Gasteiger partial charge in [0.15, 0.2) is 0 Å². The lowest BCUT2D eigenvalue weighted by molar-refractivity contribution is 0.0627. The average Bonchev–Trinajstić information content (AvgIpc) is 2.88. The zero-order valence-corrected chi connectivity index (χ0v) is 22.9. The summed E-state index contributed by atoms with van der Waals surface area (Å²) in [4.78, 5) is 17.7. The number of hydrogen-bond acceptors (Lipinski definition) is 4. The van der Waals surface area contributed by atoms with Crippen molar-refractivity contribution in [2.75, 3.05) is 30.9 Å². The summed E-state index contributed by atoms with van der Waals surface area (Å²) in [6.45, 7) is 9.75. The summed E-state index contributed by atoms with van der Waals surface area (Å²) in [5.74, 6) is -0.120. The second-order valence-corrected chi connectivity index (χ2v) is 11.6. The Morgan fingerprint density at radius 1 is 0.892 bits per heavy atom. The summed E-state index contributed by atoms with van der Waals surface area (Å²) in [5, 5.41) is 0. The van der Waals surface area contributed by atoms with E-state index in [1.165, 1.54) is 22.8 Å². The molecule has 0 aliphatic carbocycles. The second kappa shape index (κ2) is 11.9. The highest BCUT2D eigenvalue weighted by atomic mass is 32.2. The van der Waals surface area contributed by atoms with Gasteiger partial charge in [0.05, 0.1) is 4.90 Å². The van der Waals surface area contributed by atoms with Gasteiger partial charge in [0.2, 0.25) is 0 Å². The minimum atomic E-state index is -3.82. The number of piperazine rings is 1. The molecule has 0 spiro atoms. The number of aryl methyl sites for hydroxylation is 3. The quantitative estimate of drug-likeness (QED) is 0.411. The molecule has 6 nitrogen and oxygen atoms in total. The molecule has 1 aliphatic rings. The van der Waals surface area contributed by atoms with Gasteiger partial charge in [0, 0.05) is 44.0 Å². The maximum atomic E-state index is 13.4. The summed E-state index contributed by atoms with van der Waals surface area (Å²) >= 11 is 0. The molecule has 1 saturated heterocycles. The standard InChI is InChI=1S/C30H37N3O3S/c1-4-5-8-25-11-13-27(14-12-25)31-37(35,36)28-15-10-24(3)29(21-28)30(34)33-18-16-32(17-19-33)22-26-9-6-7-23(2)20-26/h6-7,9-15,20-21,31H,4-5,8,16-19,22H2,1-3H3. The highest BCUT2D eigenvalue weighted by Gasteiger charge is 2.25. The Kier molecular flexibility index (Phi) is 8.67. The van der Waals surface area contributed by atoms with Gasteiger partial charge in [-0.05, 0) is 67.6 Å². The van der Waals surface area contributed by atoms with Crippen LogP contribution >= 0.6 is 0 Å². The lowest BCUT2D eigenvalue weighted by Gasteiger charge is -2.35. The van der Waals surface area contributed by atoms with Gasteiger partial charge in [-0.1, -0.05) is 61.4 Å². The summed E-state index contributed by atoms with van der Waals surface area (Å²) < 4.78 is 28.9. The number of unbranched alkanes of at least 4 members (excludes halogenated alkanes) is 1. The first-order valence-electron chi connectivity index (χ1n) is 13.0. The van der Waals surface area contributed by atoms with E-state index in [2.05, 4.69) is 47.7 Å². The van der Waals surface area contributed by atoms with Crippen molar-refractivity contribution in [3.63, 3.8) is 0 Å². The fraction of sp³-hybridized carbons (Fsp3) is 0.367. The molecule has 0 saturated carbocycles. The lowest BCUT2D eigenvalue weighted by Crippen LogP contribution is -2.48. The number of amides is 1. The Bertz CT molecular complexity index is 1330. The van der Waals surface area contributed by atoms with Crippen LogP contribution in [0.25, 0.3) is 0 Å². The highest BCUT2D eigenvalue weighted by molar-refractivity contribution is 7.92. The van der Waals surface area contributed by atoms with Crippen LogP contribution in [-0.2, 0) is 23.0 Å². The third-order valence-corrected chi connectivity index (χ3v) is 8.30. The fourth-order valence-electron chi connectivity index (χ4n) is 4.68. The van der Waals surface area contributed by atoms with Crippen LogP contribution in [-0.4, -0.2) is 50.3 Å². The van der Waals surface area contributed by atoms with Crippen molar-refractivity contribution in [2.45, 2.75) is 51.5 Å². The molecule has 4 rings (SSSR count). The molecule has 0 bridgehead atoms. The van der Waals surface area contributed by atoms with Crippen molar-refractivity contribution in [3.05, 3.63) is 94.5 Å². The van der Waals surface area contributed by atoms with Gasteiger partial charge in [0.1, 0.15) is 0 Å². The number of nitrogens with zero attached hydrogens (tertiary/aromatic N) is 2. The Labute approximate surface area is 221 Å². The fourth-order valence-corrected chi connectivity index (χ4v) is 5.77. The molecular weight excluding hydrogens is 482 g/mol. The van der Waals surface area contributed by atoms with E-state index in [9.17, 15) is 13.2 Å². The Morgan fingerprint density at radius 2 is 1.62 bits per heavy atom. The second-order valence-electron chi connectivity index (χ2n) is 9.94. The largest absolute Gasteiger partial charge is 0.336 e. The summed E-state index contributed by atoms with van der Waals surface area (Å²) in [6.07, 6.45) is 3.20. The molecule has 37 heavy (non-hydrogen) atoms. The molecule has 0 aromatic heterocycles. The first-order valence-corrected chi connectivity index (χ1v) is 14.5. The van der Waals surface area contributed by atoms with E-state index >= 15 is 0 Å². The lowest BCUT2D eigenvalue weighted by atomic mass is 10.1. The summed E-state index contributed by atoms with van der Waals surface area (Å²) in [5.41, 5.74) is 5.42. The molecule has 1 fully saturated rings. The van der Waals surface area contributed by atoms with Crippen LogP contribution in [0.1, 0.15) is 52.4 Å². The van der Waals surface area contributed by atoms with E-state index in [4.69, 9.17) is 0 Å². The first kappa shape index (κ1) is 26.9. The van der Waals surface area contributed by atoms with Crippen molar-refractivity contribution in [2.24, 2.45) is 0 Å². The van der Waals surface area contributed by atoms with E-state index in [0.29, 0.717) is 24.3 Å². The van der Waals surface area contributed by atoms with Crippen LogP contribution in [0.4, 0.5) is 5.69 Å². The van der Waals surface area contributed by atoms with Crippen LogP contribution in [0, 0.1) is 13.8 Å². The van der Waals surface area contributed by atoms with Gasteiger partial charge in [-0.25, -0.2) is 8.42 Å². The maximum Gasteiger partial charge on any atom is 0.261 e. The third kappa shape index (κ3) is 6.99. The predicted octanol–water partition coefficient (Wildman–Crippen LogP) is 5.40. The molecule has 1 N–H and O–H groups in total. The zero-order valence-electron chi connectivity index (χ0n) is 22.0. The maximum absolute atomic E-state index is 13.4. The van der Waals surface area contributed by atoms with Crippen molar-refractivity contribution in [1.29, 1.82) is 0 Å². The Morgan fingerprint density at radius 3 is 2.30 bits per heavy atom. The van der Waals surface area contributed by atoms with Crippen LogP contribution in [0.15, 0.2) is 71.6 Å². The monoisotopic (exact) mass is 519 g/mol. The van der Waals surface area contributed by atoms with Gasteiger partial charge in [-0.2, -0.15) is 0 Å². The number of sulfonamides is 1.